The molecule has 6 N–H and O–H groups in total. The highest BCUT2D eigenvalue weighted by molar-refractivity contribution is 5.76. The second-order valence-electron chi connectivity index (χ2n) is 17.2. The summed E-state index contributed by atoms with van der Waals surface area (Å²) in [4.78, 5) is 12.9. The summed E-state index contributed by atoms with van der Waals surface area (Å²) in [7, 11) is 0. The minimum atomic E-state index is -1.57. The Labute approximate surface area is 384 Å². The Morgan fingerprint density at radius 1 is 0.556 bits per heavy atom. The van der Waals surface area contributed by atoms with Crippen LogP contribution in [0.15, 0.2) is 85.1 Å². The Morgan fingerprint density at radius 3 is 1.46 bits per heavy atom. The molecule has 9 nitrogen and oxygen atoms in total. The number of amides is 1. The zero-order chi connectivity index (χ0) is 45.9. The number of aliphatic hydroxyl groups is 5. The highest BCUT2D eigenvalue weighted by atomic mass is 16.7. The van der Waals surface area contributed by atoms with Gasteiger partial charge < -0.3 is 40.3 Å². The number of nitrogens with one attached hydrogen (secondary N) is 1. The van der Waals surface area contributed by atoms with Gasteiger partial charge in [-0.25, -0.2) is 0 Å². The lowest BCUT2D eigenvalue weighted by Crippen LogP contribution is -2.60. The van der Waals surface area contributed by atoms with Crippen LogP contribution in [0.2, 0.25) is 0 Å². The fourth-order valence-electron chi connectivity index (χ4n) is 7.45. The van der Waals surface area contributed by atoms with E-state index >= 15 is 0 Å². The largest absolute Gasteiger partial charge is 0.394 e. The van der Waals surface area contributed by atoms with E-state index in [0.717, 1.165) is 83.5 Å². The maximum Gasteiger partial charge on any atom is 0.220 e. The van der Waals surface area contributed by atoms with E-state index in [2.05, 4.69) is 92.1 Å². The monoisotopic (exact) mass is 884 g/mol. The third kappa shape index (κ3) is 33.5. The van der Waals surface area contributed by atoms with Crippen LogP contribution in [0.1, 0.15) is 194 Å². The average Bonchev–Trinajstić information content (AvgIpc) is 3.28. The normalized spacial score (nSPS) is 20.9. The fourth-order valence-corrected chi connectivity index (χ4v) is 7.45. The third-order valence-electron chi connectivity index (χ3n) is 11.5. The van der Waals surface area contributed by atoms with Crippen molar-refractivity contribution in [1.82, 2.24) is 5.32 Å². The summed E-state index contributed by atoms with van der Waals surface area (Å²) in [5, 5.41) is 53.7. The van der Waals surface area contributed by atoms with Gasteiger partial charge in [0.1, 0.15) is 24.4 Å². The van der Waals surface area contributed by atoms with Gasteiger partial charge in [0, 0.05) is 6.42 Å². The quantitative estimate of drug-likeness (QED) is 0.0263. The molecule has 0 aromatic carbocycles. The van der Waals surface area contributed by atoms with Crippen molar-refractivity contribution >= 4 is 5.91 Å². The maximum atomic E-state index is 12.9. The summed E-state index contributed by atoms with van der Waals surface area (Å²) in [5.41, 5.74) is 0. The number of hydrogen-bond donors (Lipinski definition) is 6. The molecule has 0 spiro atoms. The zero-order valence-electron chi connectivity index (χ0n) is 39.8. The summed E-state index contributed by atoms with van der Waals surface area (Å²) in [6, 6.07) is -0.803. The van der Waals surface area contributed by atoms with E-state index in [4.69, 9.17) is 9.47 Å². The molecule has 7 unspecified atom stereocenters. The van der Waals surface area contributed by atoms with Crippen LogP contribution in [0.5, 0.6) is 0 Å². The molecule has 0 aliphatic carbocycles. The predicted octanol–water partition coefficient (Wildman–Crippen LogP) is 11.5. The van der Waals surface area contributed by atoms with Gasteiger partial charge in [0.15, 0.2) is 6.29 Å². The molecule has 1 rings (SSSR count). The Hall–Kier alpha value is -2.63. The van der Waals surface area contributed by atoms with Crippen molar-refractivity contribution in [2.75, 3.05) is 13.2 Å². The first kappa shape index (κ1) is 58.4. The summed E-state index contributed by atoms with van der Waals surface area (Å²) < 4.78 is 11.1. The lowest BCUT2D eigenvalue weighted by molar-refractivity contribution is -0.302. The van der Waals surface area contributed by atoms with E-state index in [1.54, 1.807) is 6.08 Å². The maximum absolute atomic E-state index is 12.9. The minimum absolute atomic E-state index is 0.187. The van der Waals surface area contributed by atoms with Gasteiger partial charge in [0.05, 0.1) is 25.4 Å². The van der Waals surface area contributed by atoms with Gasteiger partial charge in [-0.15, -0.1) is 0 Å². The lowest BCUT2D eigenvalue weighted by atomic mass is 9.99. The Morgan fingerprint density at radius 2 is 0.984 bits per heavy atom. The molecular formula is C54H93NO8. The summed E-state index contributed by atoms with van der Waals surface area (Å²) in [6.45, 7) is 3.53. The Kier molecular flexibility index (Phi) is 40.1. The standard InChI is InChI=1S/C54H93NO8/c1-3-5-7-9-10-11-12-13-14-15-16-17-18-19-20-21-22-23-24-25-26-27-28-29-30-31-32-33-34-35-36-37-38-40-42-44-50(58)55-47(48(57)43-41-39-8-6-4-2)46-62-54-53(61)52(60)51(59)49(45-56)63-54/h5,7,10-11,13-14,16-17,19-20,22-23,41,43,47-49,51-54,56-57,59-61H,3-4,6,8-9,12,15,18,21,24-40,42,44-46H2,1-2H3,(H,55,58)/b7-5-,11-10-,14-13-,17-16-,20-19-,23-22-,43-41+. The summed E-state index contributed by atoms with van der Waals surface area (Å²) in [5.74, 6) is -0.187. The molecule has 1 amide bonds. The highest BCUT2D eigenvalue weighted by Gasteiger charge is 2.44. The van der Waals surface area contributed by atoms with E-state index < -0.39 is 49.5 Å². The van der Waals surface area contributed by atoms with Crippen molar-refractivity contribution in [3.63, 3.8) is 0 Å². The minimum Gasteiger partial charge on any atom is -0.394 e. The summed E-state index contributed by atoms with van der Waals surface area (Å²) in [6.07, 6.45) is 54.2. The molecule has 0 bridgehead atoms. The zero-order valence-corrected chi connectivity index (χ0v) is 39.8. The smallest absolute Gasteiger partial charge is 0.220 e. The molecule has 1 aliphatic rings. The number of rotatable bonds is 41. The number of allylic oxidation sites excluding steroid dienone is 13. The Bertz CT molecular complexity index is 1260. The number of hydrogen-bond acceptors (Lipinski definition) is 8. The van der Waals surface area contributed by atoms with Crippen LogP contribution in [0.4, 0.5) is 0 Å². The van der Waals surface area contributed by atoms with E-state index in [0.29, 0.717) is 6.42 Å². The first-order chi connectivity index (χ1) is 30.8. The molecule has 0 radical (unpaired) electrons. The van der Waals surface area contributed by atoms with Crippen LogP contribution < -0.4 is 5.32 Å². The molecule has 1 fully saturated rings. The number of aliphatic hydroxyl groups excluding tert-OH is 5. The van der Waals surface area contributed by atoms with Crippen LogP contribution >= 0.6 is 0 Å². The van der Waals surface area contributed by atoms with Gasteiger partial charge in [-0.2, -0.15) is 0 Å². The van der Waals surface area contributed by atoms with Gasteiger partial charge in [-0.05, 0) is 70.6 Å². The first-order valence-corrected chi connectivity index (χ1v) is 25.3. The van der Waals surface area contributed by atoms with Gasteiger partial charge >= 0.3 is 0 Å². The predicted molar refractivity (Wildman–Crippen MR) is 262 cm³/mol. The van der Waals surface area contributed by atoms with Crippen LogP contribution in [0, 0.1) is 0 Å². The second-order valence-corrected chi connectivity index (χ2v) is 17.2. The molecule has 63 heavy (non-hydrogen) atoms. The number of carbonyl (C=O) groups excluding carboxylic acids is 1. The van der Waals surface area contributed by atoms with E-state index in [-0.39, 0.29) is 12.5 Å². The first-order valence-electron chi connectivity index (χ1n) is 25.3. The third-order valence-corrected chi connectivity index (χ3v) is 11.5. The molecular weight excluding hydrogens is 791 g/mol. The number of unbranched alkanes of at least 4 members (excludes halogenated alkanes) is 19. The van der Waals surface area contributed by atoms with Crippen LogP contribution in [0.3, 0.4) is 0 Å². The van der Waals surface area contributed by atoms with Crippen LogP contribution in [-0.2, 0) is 14.3 Å². The van der Waals surface area contributed by atoms with Gasteiger partial charge in [-0.3, -0.25) is 4.79 Å². The molecule has 1 saturated heterocycles. The molecule has 1 aliphatic heterocycles. The molecule has 362 valence electrons. The van der Waals surface area contributed by atoms with Crippen molar-refractivity contribution in [3.8, 4) is 0 Å². The average molecular weight is 884 g/mol. The van der Waals surface area contributed by atoms with Crippen molar-refractivity contribution in [2.45, 2.75) is 236 Å². The van der Waals surface area contributed by atoms with E-state index in [9.17, 15) is 30.3 Å². The molecule has 0 saturated carbocycles. The van der Waals surface area contributed by atoms with Gasteiger partial charge in [0.25, 0.3) is 0 Å². The van der Waals surface area contributed by atoms with E-state index in [1.165, 1.54) is 89.9 Å². The van der Waals surface area contributed by atoms with Crippen molar-refractivity contribution in [2.24, 2.45) is 0 Å². The van der Waals surface area contributed by atoms with Crippen molar-refractivity contribution < 1.29 is 39.8 Å². The number of ether oxygens (including phenoxy) is 2. The van der Waals surface area contributed by atoms with Gasteiger partial charge in [-0.1, -0.05) is 202 Å². The van der Waals surface area contributed by atoms with Gasteiger partial charge in [0.2, 0.25) is 5.91 Å². The molecule has 0 aromatic rings. The molecule has 1 heterocycles. The van der Waals surface area contributed by atoms with E-state index in [1.807, 2.05) is 6.08 Å². The fraction of sp³-hybridized carbons (Fsp3) is 0.722. The Balaban J connectivity index is 2.03. The summed E-state index contributed by atoms with van der Waals surface area (Å²) >= 11 is 0. The molecule has 7 atom stereocenters. The molecule has 0 aromatic heterocycles. The highest BCUT2D eigenvalue weighted by Crippen LogP contribution is 2.22. The van der Waals surface area contributed by atoms with Crippen LogP contribution in [0.25, 0.3) is 0 Å². The lowest BCUT2D eigenvalue weighted by Gasteiger charge is -2.40. The van der Waals surface area contributed by atoms with Crippen LogP contribution in [-0.4, -0.2) is 87.5 Å². The molecule has 9 heteroatoms. The SMILES string of the molecule is CC/C=C\C/C=C\C/C=C\C/C=C\C/C=C\C/C=C\CCCCCCCCCCCCCCCCCCC(=O)NC(COC1OC(CO)C(O)C(O)C1O)C(O)/C=C/CCCCC. The van der Waals surface area contributed by atoms with Crippen molar-refractivity contribution in [3.05, 3.63) is 85.1 Å². The van der Waals surface area contributed by atoms with Crippen molar-refractivity contribution in [1.29, 1.82) is 0 Å². The number of carbonyl (C=O) groups is 1. The topological polar surface area (TPSA) is 149 Å². The second kappa shape index (κ2) is 43.3.